The Morgan fingerprint density at radius 1 is 0.291 bits per heavy atom. The zero-order chi connectivity index (χ0) is 35.8. The fourth-order valence-electron chi connectivity index (χ4n) is 9.50. The summed E-state index contributed by atoms with van der Waals surface area (Å²) in [7, 11) is 0. The van der Waals surface area contributed by atoms with Crippen LogP contribution in [0.5, 0.6) is 0 Å². The highest BCUT2D eigenvalue weighted by molar-refractivity contribution is 6.22. The van der Waals surface area contributed by atoms with Crippen LogP contribution in [-0.2, 0) is 0 Å². The van der Waals surface area contributed by atoms with Crippen molar-refractivity contribution in [1.82, 2.24) is 23.7 Å². The third-order valence-electron chi connectivity index (χ3n) is 11.8. The predicted octanol–water partition coefficient (Wildman–Crippen LogP) is 12.6. The molecule has 254 valence electrons. The minimum absolute atomic E-state index is 0.792. The number of para-hydroxylation sites is 7. The Morgan fingerprint density at radius 2 is 0.709 bits per heavy atom. The Labute approximate surface area is 314 Å². The first-order valence-corrected chi connectivity index (χ1v) is 18.8. The van der Waals surface area contributed by atoms with Crippen molar-refractivity contribution in [2.24, 2.45) is 0 Å². The molecule has 1 aliphatic heterocycles. The first kappa shape index (κ1) is 29.0. The fourth-order valence-corrected chi connectivity index (χ4v) is 9.50. The van der Waals surface area contributed by atoms with Crippen LogP contribution in [0.3, 0.4) is 0 Å². The van der Waals surface area contributed by atoms with Crippen molar-refractivity contribution < 1.29 is 0 Å². The molecule has 0 atom stereocenters. The Balaban J connectivity index is 1.21. The van der Waals surface area contributed by atoms with Crippen molar-refractivity contribution in [2.45, 2.75) is 0 Å². The molecule has 5 nitrogen and oxygen atoms in total. The topological polar surface area (TPSA) is 40.6 Å². The van der Waals surface area contributed by atoms with Gasteiger partial charge in [-0.15, -0.1) is 0 Å². The van der Waals surface area contributed by atoms with Crippen molar-refractivity contribution >= 4 is 76.5 Å². The second-order valence-electron chi connectivity index (χ2n) is 14.6. The Hall–Kier alpha value is -7.50. The minimum Gasteiger partial charge on any atom is -0.308 e. The highest BCUT2D eigenvalue weighted by atomic mass is 15.2. The van der Waals surface area contributed by atoms with Crippen LogP contribution in [0.2, 0.25) is 0 Å². The van der Waals surface area contributed by atoms with Crippen LogP contribution in [0.4, 0.5) is 0 Å². The molecule has 0 spiro atoms. The molecule has 8 aromatic carbocycles. The predicted molar refractivity (Wildman–Crippen MR) is 227 cm³/mol. The summed E-state index contributed by atoms with van der Waals surface area (Å²) < 4.78 is 7.15. The van der Waals surface area contributed by atoms with Crippen LogP contribution in [0.15, 0.2) is 176 Å². The van der Waals surface area contributed by atoms with Crippen LogP contribution < -0.4 is 0 Å². The zero-order valence-electron chi connectivity index (χ0n) is 29.5. The summed E-state index contributed by atoms with van der Waals surface area (Å²) in [5.41, 5.74) is 14.7. The molecule has 4 aromatic heterocycles. The molecule has 0 unspecified atom stereocenters. The quantitative estimate of drug-likeness (QED) is 0.180. The Morgan fingerprint density at radius 3 is 1.35 bits per heavy atom. The molecule has 5 heterocycles. The molecule has 1 aliphatic rings. The first-order chi connectivity index (χ1) is 27.3. The highest BCUT2D eigenvalue weighted by Gasteiger charge is 2.27. The molecule has 0 aliphatic carbocycles. The number of aromatic nitrogens is 5. The molecule has 0 N–H and O–H groups in total. The van der Waals surface area contributed by atoms with Gasteiger partial charge in [0.15, 0.2) is 11.6 Å². The van der Waals surface area contributed by atoms with Gasteiger partial charge in [0.1, 0.15) is 0 Å². The Kier molecular flexibility index (Phi) is 5.57. The highest BCUT2D eigenvalue weighted by Crippen LogP contribution is 2.48. The van der Waals surface area contributed by atoms with Gasteiger partial charge in [0.25, 0.3) is 0 Å². The summed E-state index contributed by atoms with van der Waals surface area (Å²) in [5.74, 6) is 1.59. The van der Waals surface area contributed by atoms with Crippen molar-refractivity contribution in [3.63, 3.8) is 0 Å². The van der Waals surface area contributed by atoms with Crippen molar-refractivity contribution in [3.8, 4) is 39.6 Å². The second-order valence-corrected chi connectivity index (χ2v) is 14.6. The van der Waals surface area contributed by atoms with E-state index in [-0.39, 0.29) is 0 Å². The van der Waals surface area contributed by atoms with Crippen molar-refractivity contribution in [3.05, 3.63) is 176 Å². The van der Waals surface area contributed by atoms with Gasteiger partial charge in [-0.05, 0) is 59.7 Å². The van der Waals surface area contributed by atoms with E-state index in [1.807, 2.05) is 12.1 Å². The molecule has 13 rings (SSSR count). The summed E-state index contributed by atoms with van der Waals surface area (Å²) in [6, 6.07) is 63.4. The van der Waals surface area contributed by atoms with Gasteiger partial charge < -0.3 is 4.57 Å². The average Bonchev–Trinajstić information content (AvgIpc) is 3.84. The molecule has 0 fully saturated rings. The van der Waals surface area contributed by atoms with E-state index in [9.17, 15) is 0 Å². The lowest BCUT2D eigenvalue weighted by atomic mass is 9.94. The maximum absolute atomic E-state index is 5.52. The van der Waals surface area contributed by atoms with Crippen LogP contribution >= 0.6 is 0 Å². The number of nitrogens with zero attached hydrogens (tertiary/aromatic N) is 5. The lowest BCUT2D eigenvalue weighted by Crippen LogP contribution is -2.09. The molecule has 0 amide bonds. The maximum Gasteiger partial charge on any atom is 0.182 e. The lowest BCUT2D eigenvalue weighted by Gasteiger charge is -2.16. The van der Waals surface area contributed by atoms with Crippen LogP contribution in [-0.4, -0.2) is 23.7 Å². The zero-order valence-corrected chi connectivity index (χ0v) is 29.5. The molecule has 0 bridgehead atoms. The molecule has 55 heavy (non-hydrogen) atoms. The van der Waals surface area contributed by atoms with E-state index < -0.39 is 0 Å². The third-order valence-corrected chi connectivity index (χ3v) is 11.8. The van der Waals surface area contributed by atoms with Crippen LogP contribution in [0, 0.1) is 0 Å². The monoisotopic (exact) mass is 699 g/mol. The molecule has 0 saturated carbocycles. The molecule has 0 radical (unpaired) electrons. The van der Waals surface area contributed by atoms with E-state index >= 15 is 0 Å². The summed E-state index contributed by atoms with van der Waals surface area (Å²) in [6.07, 6.45) is 0. The van der Waals surface area contributed by atoms with Gasteiger partial charge in [0, 0.05) is 43.4 Å². The first-order valence-electron chi connectivity index (χ1n) is 18.8. The van der Waals surface area contributed by atoms with Gasteiger partial charge in [-0.25, -0.2) is 9.97 Å². The van der Waals surface area contributed by atoms with Gasteiger partial charge in [-0.1, -0.05) is 127 Å². The van der Waals surface area contributed by atoms with Crippen LogP contribution in [0.1, 0.15) is 0 Å². The number of hydrogen-bond acceptors (Lipinski definition) is 2. The summed E-state index contributed by atoms with van der Waals surface area (Å²) in [6.45, 7) is 0. The molecule has 5 heteroatoms. The van der Waals surface area contributed by atoms with Gasteiger partial charge in [-0.3, -0.25) is 9.13 Å². The SMILES string of the molecule is c1ccc2c(c1)-c1ccccc1-n1c3cc4c5ccccc5n(-c5nc6ccccc6nc5-n5c6ccccc6c6ccccc65)c4cc3c3cccc-2c31. The van der Waals surface area contributed by atoms with Crippen molar-refractivity contribution in [1.29, 1.82) is 0 Å². The van der Waals surface area contributed by atoms with Gasteiger partial charge in [0.05, 0.1) is 49.8 Å². The molecular weight excluding hydrogens is 671 g/mol. The maximum atomic E-state index is 5.52. The summed E-state index contributed by atoms with van der Waals surface area (Å²) >= 11 is 0. The molecule has 0 saturated heterocycles. The number of hydrogen-bond donors (Lipinski definition) is 0. The van der Waals surface area contributed by atoms with E-state index in [2.05, 4.69) is 177 Å². The number of fused-ring (bicyclic) bond motifs is 15. The molecular formula is C50H29N5. The van der Waals surface area contributed by atoms with Gasteiger partial charge >= 0.3 is 0 Å². The lowest BCUT2D eigenvalue weighted by molar-refractivity contribution is 0.996. The van der Waals surface area contributed by atoms with E-state index in [0.717, 1.165) is 44.7 Å². The standard InChI is InChI=1S/C50H29N5/c1-2-15-31-30(14-1)32-16-3-9-24-42(32)53-46-28-38-35-19-6-12-27-45(35)55(47(38)29-39(46)37-21-13-20-36(31)48(37)53)50-49(51-40-22-7-8-23-41(40)52-50)54-43-25-10-4-17-33(43)34-18-5-11-26-44(34)54/h1-29H. The number of rotatable bonds is 2. The normalized spacial score (nSPS) is 12.4. The third kappa shape index (κ3) is 3.76. The van der Waals surface area contributed by atoms with Gasteiger partial charge in [0.2, 0.25) is 0 Å². The smallest absolute Gasteiger partial charge is 0.182 e. The summed E-state index contributed by atoms with van der Waals surface area (Å²) in [4.78, 5) is 11.0. The average molecular weight is 700 g/mol. The molecule has 12 aromatic rings. The minimum atomic E-state index is 0.792. The van der Waals surface area contributed by atoms with Gasteiger partial charge in [-0.2, -0.15) is 0 Å². The van der Waals surface area contributed by atoms with E-state index in [4.69, 9.17) is 9.97 Å². The van der Waals surface area contributed by atoms with E-state index in [1.54, 1.807) is 0 Å². The van der Waals surface area contributed by atoms with E-state index in [1.165, 1.54) is 71.3 Å². The Bertz CT molecular complexity index is 3560. The fraction of sp³-hybridized carbons (Fsp3) is 0. The largest absolute Gasteiger partial charge is 0.308 e. The van der Waals surface area contributed by atoms with Crippen LogP contribution in [0.25, 0.3) is 116 Å². The van der Waals surface area contributed by atoms with Crippen molar-refractivity contribution in [2.75, 3.05) is 0 Å². The second kappa shape index (κ2) is 10.6. The summed E-state index contributed by atoms with van der Waals surface area (Å²) in [5, 5.41) is 7.15. The number of benzene rings is 8. The van der Waals surface area contributed by atoms with E-state index in [0.29, 0.717) is 0 Å².